The molecule has 1 unspecified atom stereocenters. The van der Waals surface area contributed by atoms with Crippen LogP contribution in [0, 0.1) is 0 Å². The van der Waals surface area contributed by atoms with E-state index in [2.05, 4.69) is 4.74 Å². The molecule has 1 aromatic rings. The first-order valence-corrected chi connectivity index (χ1v) is 4.72. The smallest absolute Gasteiger partial charge is 0.347 e. The summed E-state index contributed by atoms with van der Waals surface area (Å²) in [5.41, 5.74) is 0.660. The average Bonchev–Trinajstić information content (AvgIpc) is 2.73. The molecule has 0 saturated carbocycles. The minimum Gasteiger partial charge on any atom is -0.507 e. The van der Waals surface area contributed by atoms with Crippen molar-refractivity contribution in [2.45, 2.75) is 12.5 Å². The van der Waals surface area contributed by atoms with Crippen molar-refractivity contribution < 1.29 is 24.2 Å². The third-order valence-electron chi connectivity index (χ3n) is 2.52. The average molecular weight is 222 g/mol. The van der Waals surface area contributed by atoms with Crippen molar-refractivity contribution >= 4 is 12.3 Å². The number of hydrogen-bond donors (Lipinski definition) is 1. The molecule has 2 rings (SSSR count). The van der Waals surface area contributed by atoms with Gasteiger partial charge in [0, 0.05) is 12.0 Å². The summed E-state index contributed by atoms with van der Waals surface area (Å²) in [6, 6.07) is 3.00. The second-order valence-electron chi connectivity index (χ2n) is 3.43. The van der Waals surface area contributed by atoms with E-state index in [4.69, 9.17) is 4.74 Å². The molecule has 0 spiro atoms. The van der Waals surface area contributed by atoms with E-state index >= 15 is 0 Å². The van der Waals surface area contributed by atoms with E-state index in [-0.39, 0.29) is 17.7 Å². The molecule has 1 atom stereocenters. The van der Waals surface area contributed by atoms with Gasteiger partial charge in [0.1, 0.15) is 11.5 Å². The second kappa shape index (κ2) is 3.84. The van der Waals surface area contributed by atoms with Gasteiger partial charge in [0.05, 0.1) is 12.7 Å². The number of methoxy groups -OCH3 is 1. The van der Waals surface area contributed by atoms with Crippen LogP contribution in [-0.4, -0.2) is 30.6 Å². The second-order valence-corrected chi connectivity index (χ2v) is 3.43. The maximum absolute atomic E-state index is 11.2. The number of carbonyl (C=O) groups excluding carboxylic acids is 2. The Morgan fingerprint density at radius 1 is 1.62 bits per heavy atom. The minimum atomic E-state index is -0.743. The lowest BCUT2D eigenvalue weighted by Gasteiger charge is -2.06. The summed E-state index contributed by atoms with van der Waals surface area (Å²) in [6.45, 7) is 0. The molecule has 1 heterocycles. The number of phenolic OH excluding ortho intramolecular Hbond substituents is 1. The fourth-order valence-corrected chi connectivity index (χ4v) is 1.68. The molecule has 0 aliphatic carbocycles. The minimum absolute atomic E-state index is 0.126. The van der Waals surface area contributed by atoms with Crippen LogP contribution >= 0.6 is 0 Å². The number of carbonyl (C=O) groups is 2. The SMILES string of the molecule is COC(=O)C1Cc2c(ccc(C=O)c2O)O1. The molecule has 0 fully saturated rings. The standard InChI is InChI=1S/C11H10O5/c1-15-11(14)9-4-7-8(16-9)3-2-6(5-12)10(7)13/h2-3,5,9,13H,4H2,1H3. The van der Waals surface area contributed by atoms with Gasteiger partial charge in [-0.15, -0.1) is 0 Å². The number of esters is 1. The van der Waals surface area contributed by atoms with E-state index in [9.17, 15) is 14.7 Å². The van der Waals surface area contributed by atoms with Crippen LogP contribution in [0.4, 0.5) is 0 Å². The van der Waals surface area contributed by atoms with Crippen molar-refractivity contribution in [3.8, 4) is 11.5 Å². The molecule has 0 aromatic heterocycles. The maximum atomic E-state index is 11.2. The van der Waals surface area contributed by atoms with Gasteiger partial charge < -0.3 is 14.6 Å². The quantitative estimate of drug-likeness (QED) is 0.588. The van der Waals surface area contributed by atoms with Crippen LogP contribution < -0.4 is 4.74 Å². The fourth-order valence-electron chi connectivity index (χ4n) is 1.68. The van der Waals surface area contributed by atoms with Gasteiger partial charge in [0.2, 0.25) is 0 Å². The van der Waals surface area contributed by atoms with Crippen LogP contribution in [0.25, 0.3) is 0 Å². The maximum Gasteiger partial charge on any atom is 0.347 e. The lowest BCUT2D eigenvalue weighted by Crippen LogP contribution is -2.26. The van der Waals surface area contributed by atoms with Crippen molar-refractivity contribution in [2.24, 2.45) is 0 Å². The summed E-state index contributed by atoms with van der Waals surface area (Å²) in [7, 11) is 1.27. The number of phenols is 1. The van der Waals surface area contributed by atoms with E-state index < -0.39 is 12.1 Å². The first kappa shape index (κ1) is 10.5. The summed E-state index contributed by atoms with van der Waals surface area (Å²) in [5.74, 6) is -0.208. The fraction of sp³-hybridized carbons (Fsp3) is 0.273. The van der Waals surface area contributed by atoms with Crippen molar-refractivity contribution in [3.05, 3.63) is 23.3 Å². The summed E-state index contributed by atoms with van der Waals surface area (Å²) in [4.78, 5) is 21.9. The Kier molecular flexibility index (Phi) is 2.52. The summed E-state index contributed by atoms with van der Waals surface area (Å²) < 4.78 is 9.84. The Bertz CT molecular complexity index is 452. The molecule has 1 N–H and O–H groups in total. The first-order chi connectivity index (χ1) is 7.67. The lowest BCUT2D eigenvalue weighted by atomic mass is 10.1. The highest BCUT2D eigenvalue weighted by Crippen LogP contribution is 2.37. The van der Waals surface area contributed by atoms with Crippen molar-refractivity contribution in [3.63, 3.8) is 0 Å². The molecule has 0 amide bonds. The van der Waals surface area contributed by atoms with Gasteiger partial charge in [0.15, 0.2) is 12.4 Å². The van der Waals surface area contributed by atoms with Crippen LogP contribution in [0.2, 0.25) is 0 Å². The molecule has 5 nitrogen and oxygen atoms in total. The lowest BCUT2D eigenvalue weighted by molar-refractivity contribution is -0.147. The normalized spacial score (nSPS) is 17.4. The number of fused-ring (bicyclic) bond motifs is 1. The number of benzene rings is 1. The van der Waals surface area contributed by atoms with Crippen LogP contribution in [0.5, 0.6) is 11.5 Å². The monoisotopic (exact) mass is 222 g/mol. The van der Waals surface area contributed by atoms with E-state index in [1.807, 2.05) is 0 Å². The summed E-state index contributed by atoms with van der Waals surface area (Å²) in [6.07, 6.45) is 0.0316. The van der Waals surface area contributed by atoms with Crippen molar-refractivity contribution in [1.29, 1.82) is 0 Å². The highest BCUT2D eigenvalue weighted by molar-refractivity contribution is 5.83. The summed E-state index contributed by atoms with van der Waals surface area (Å²) >= 11 is 0. The molecular formula is C11H10O5. The number of hydrogen-bond acceptors (Lipinski definition) is 5. The highest BCUT2D eigenvalue weighted by atomic mass is 16.6. The molecular weight excluding hydrogens is 212 g/mol. The van der Waals surface area contributed by atoms with Crippen LogP contribution in [0.1, 0.15) is 15.9 Å². The van der Waals surface area contributed by atoms with Crippen LogP contribution in [0.3, 0.4) is 0 Å². The third kappa shape index (κ3) is 1.50. The Labute approximate surface area is 91.6 Å². The van der Waals surface area contributed by atoms with E-state index in [0.717, 1.165) is 0 Å². The predicted molar refractivity (Wildman–Crippen MR) is 53.6 cm³/mol. The van der Waals surface area contributed by atoms with Gasteiger partial charge in [0.25, 0.3) is 0 Å². The number of ether oxygens (including phenoxy) is 2. The molecule has 0 bridgehead atoms. The van der Waals surface area contributed by atoms with Crippen LogP contribution in [0.15, 0.2) is 12.1 Å². The van der Waals surface area contributed by atoms with Crippen molar-refractivity contribution in [1.82, 2.24) is 0 Å². The Morgan fingerprint density at radius 3 is 3.00 bits per heavy atom. The third-order valence-corrected chi connectivity index (χ3v) is 2.52. The molecule has 16 heavy (non-hydrogen) atoms. The number of rotatable bonds is 2. The zero-order valence-corrected chi connectivity index (χ0v) is 8.60. The van der Waals surface area contributed by atoms with Crippen molar-refractivity contribution in [2.75, 3.05) is 7.11 Å². The van der Waals surface area contributed by atoms with E-state index in [1.54, 1.807) is 6.07 Å². The van der Waals surface area contributed by atoms with Gasteiger partial charge in [-0.3, -0.25) is 4.79 Å². The molecule has 1 aromatic carbocycles. The zero-order chi connectivity index (χ0) is 11.7. The molecule has 0 radical (unpaired) electrons. The molecule has 0 saturated heterocycles. The molecule has 84 valence electrons. The van der Waals surface area contributed by atoms with Gasteiger partial charge >= 0.3 is 5.97 Å². The first-order valence-electron chi connectivity index (χ1n) is 4.72. The topological polar surface area (TPSA) is 72.8 Å². The van der Waals surface area contributed by atoms with E-state index in [0.29, 0.717) is 17.6 Å². The number of aromatic hydroxyl groups is 1. The predicted octanol–water partition coefficient (Wildman–Crippen LogP) is 0.681. The summed E-state index contributed by atoms with van der Waals surface area (Å²) in [5, 5.41) is 9.72. The van der Waals surface area contributed by atoms with Gasteiger partial charge in [-0.2, -0.15) is 0 Å². The largest absolute Gasteiger partial charge is 0.507 e. The van der Waals surface area contributed by atoms with Gasteiger partial charge in [-0.1, -0.05) is 0 Å². The highest BCUT2D eigenvalue weighted by Gasteiger charge is 2.32. The Morgan fingerprint density at radius 2 is 2.38 bits per heavy atom. The molecule has 1 aliphatic rings. The van der Waals surface area contributed by atoms with Crippen LogP contribution in [-0.2, 0) is 16.0 Å². The Hall–Kier alpha value is -2.04. The molecule has 5 heteroatoms. The molecule has 1 aliphatic heterocycles. The van der Waals surface area contributed by atoms with E-state index in [1.165, 1.54) is 13.2 Å². The number of aldehydes is 1. The van der Waals surface area contributed by atoms with Gasteiger partial charge in [-0.05, 0) is 12.1 Å². The Balaban J connectivity index is 2.34. The van der Waals surface area contributed by atoms with Gasteiger partial charge in [-0.25, -0.2) is 4.79 Å². The zero-order valence-electron chi connectivity index (χ0n) is 8.60.